The molecule has 0 aromatic carbocycles. The Labute approximate surface area is 164 Å². The van der Waals surface area contributed by atoms with Gasteiger partial charge in [-0.25, -0.2) is 0 Å². The standard InChI is InChI=1S/C21H24N4O3/c1-14-4-5-15(10-23-14)21(27)25-8-6-19-16(12-25)9-17(13-28-19)20(26)24-18-3-2-7-22-11-18/h2-5,7,10-11,16-17,19H,6,8-9,12-13H2,1H3,(H,24,26)/t16-,17-,19+/m0/s1. The lowest BCUT2D eigenvalue weighted by Gasteiger charge is -2.43. The predicted molar refractivity (Wildman–Crippen MR) is 104 cm³/mol. The number of piperidine rings is 1. The number of anilines is 1. The molecule has 2 saturated heterocycles. The van der Waals surface area contributed by atoms with Gasteiger partial charge >= 0.3 is 0 Å². The van der Waals surface area contributed by atoms with Gasteiger partial charge in [0.15, 0.2) is 0 Å². The Bertz CT molecular complexity index is 840. The normalized spacial score (nSPS) is 24.3. The second-order valence-electron chi connectivity index (χ2n) is 7.52. The van der Waals surface area contributed by atoms with Crippen molar-refractivity contribution >= 4 is 17.5 Å². The number of fused-ring (bicyclic) bond motifs is 1. The molecule has 2 aliphatic heterocycles. The number of amides is 2. The maximum Gasteiger partial charge on any atom is 0.255 e. The SMILES string of the molecule is Cc1ccc(C(=O)N2CC[C@H]3OC[C@@H](C(=O)Nc4cccnc4)C[C@H]3C2)cn1. The first-order chi connectivity index (χ1) is 13.6. The highest BCUT2D eigenvalue weighted by molar-refractivity contribution is 5.94. The molecule has 7 nitrogen and oxygen atoms in total. The molecule has 2 amide bonds. The highest BCUT2D eigenvalue weighted by atomic mass is 16.5. The fraction of sp³-hybridized carbons (Fsp3) is 0.429. The van der Waals surface area contributed by atoms with Gasteiger partial charge in [0.1, 0.15) is 0 Å². The van der Waals surface area contributed by atoms with Crippen LogP contribution in [0.15, 0.2) is 42.9 Å². The minimum atomic E-state index is -0.224. The average Bonchev–Trinajstić information content (AvgIpc) is 2.73. The third-order valence-electron chi connectivity index (χ3n) is 5.51. The fourth-order valence-corrected chi connectivity index (χ4v) is 3.95. The van der Waals surface area contributed by atoms with E-state index in [0.717, 1.165) is 12.1 Å². The zero-order chi connectivity index (χ0) is 19.5. The summed E-state index contributed by atoms with van der Waals surface area (Å²) in [5, 5.41) is 2.90. The van der Waals surface area contributed by atoms with Crippen molar-refractivity contribution in [1.82, 2.24) is 14.9 Å². The average molecular weight is 380 g/mol. The molecule has 0 spiro atoms. The smallest absolute Gasteiger partial charge is 0.255 e. The van der Waals surface area contributed by atoms with Gasteiger partial charge in [0, 0.05) is 37.1 Å². The Morgan fingerprint density at radius 3 is 2.89 bits per heavy atom. The van der Waals surface area contributed by atoms with Crippen LogP contribution in [0, 0.1) is 18.8 Å². The number of likely N-dealkylation sites (tertiary alicyclic amines) is 1. The molecule has 146 valence electrons. The first-order valence-electron chi connectivity index (χ1n) is 9.64. The monoisotopic (exact) mass is 380 g/mol. The van der Waals surface area contributed by atoms with E-state index in [9.17, 15) is 9.59 Å². The summed E-state index contributed by atoms with van der Waals surface area (Å²) in [7, 11) is 0. The van der Waals surface area contributed by atoms with E-state index in [0.29, 0.717) is 37.4 Å². The third kappa shape index (κ3) is 4.04. The van der Waals surface area contributed by atoms with Crippen LogP contribution in [0.5, 0.6) is 0 Å². The van der Waals surface area contributed by atoms with Gasteiger partial charge in [-0.15, -0.1) is 0 Å². The molecule has 2 aromatic heterocycles. The summed E-state index contributed by atoms with van der Waals surface area (Å²) in [5.41, 5.74) is 2.17. The molecule has 0 radical (unpaired) electrons. The van der Waals surface area contributed by atoms with E-state index in [4.69, 9.17) is 4.74 Å². The fourth-order valence-electron chi connectivity index (χ4n) is 3.95. The van der Waals surface area contributed by atoms with Gasteiger partial charge in [-0.1, -0.05) is 0 Å². The zero-order valence-electron chi connectivity index (χ0n) is 15.9. The quantitative estimate of drug-likeness (QED) is 0.883. The summed E-state index contributed by atoms with van der Waals surface area (Å²) in [6.07, 6.45) is 6.55. The first kappa shape index (κ1) is 18.6. The van der Waals surface area contributed by atoms with Crippen molar-refractivity contribution in [3.05, 3.63) is 54.1 Å². The molecular weight excluding hydrogens is 356 g/mol. The van der Waals surface area contributed by atoms with Gasteiger partial charge in [0.05, 0.1) is 36.1 Å². The van der Waals surface area contributed by atoms with Crippen LogP contribution in [-0.4, -0.2) is 52.5 Å². The third-order valence-corrected chi connectivity index (χ3v) is 5.51. The minimum Gasteiger partial charge on any atom is -0.377 e. The van der Waals surface area contributed by atoms with E-state index < -0.39 is 0 Å². The van der Waals surface area contributed by atoms with Crippen molar-refractivity contribution in [2.45, 2.75) is 25.9 Å². The molecule has 2 aliphatic rings. The van der Waals surface area contributed by atoms with Crippen LogP contribution in [0.1, 0.15) is 28.9 Å². The van der Waals surface area contributed by atoms with Crippen molar-refractivity contribution in [3.8, 4) is 0 Å². The molecule has 3 atom stereocenters. The molecule has 2 aromatic rings. The number of aryl methyl sites for hydroxylation is 1. The van der Waals surface area contributed by atoms with Crippen LogP contribution >= 0.6 is 0 Å². The molecule has 0 unspecified atom stereocenters. The van der Waals surface area contributed by atoms with Crippen molar-refractivity contribution in [1.29, 1.82) is 0 Å². The van der Waals surface area contributed by atoms with Crippen LogP contribution < -0.4 is 5.32 Å². The second kappa shape index (κ2) is 8.06. The Kier molecular flexibility index (Phi) is 5.34. The molecular formula is C21H24N4O3. The van der Waals surface area contributed by atoms with E-state index in [-0.39, 0.29) is 29.8 Å². The maximum atomic E-state index is 12.8. The van der Waals surface area contributed by atoms with E-state index in [1.165, 1.54) is 0 Å². The number of nitrogens with zero attached hydrogens (tertiary/aromatic N) is 3. The topological polar surface area (TPSA) is 84.4 Å². The van der Waals surface area contributed by atoms with Gasteiger partial charge in [-0.05, 0) is 44.0 Å². The lowest BCUT2D eigenvalue weighted by atomic mass is 9.83. The number of nitrogens with one attached hydrogen (secondary N) is 1. The van der Waals surface area contributed by atoms with Gasteiger partial charge in [0.25, 0.3) is 5.91 Å². The predicted octanol–water partition coefficient (Wildman–Crippen LogP) is 2.29. The van der Waals surface area contributed by atoms with Crippen LogP contribution in [0.25, 0.3) is 0 Å². The van der Waals surface area contributed by atoms with Crippen LogP contribution in [0.3, 0.4) is 0 Å². The molecule has 4 rings (SSSR count). The maximum absolute atomic E-state index is 12.8. The summed E-state index contributed by atoms with van der Waals surface area (Å²) in [5.74, 6) is -0.127. The molecule has 0 saturated carbocycles. The van der Waals surface area contributed by atoms with E-state index in [1.54, 1.807) is 24.7 Å². The van der Waals surface area contributed by atoms with E-state index in [2.05, 4.69) is 15.3 Å². The molecule has 7 heteroatoms. The van der Waals surface area contributed by atoms with Gasteiger partial charge < -0.3 is 15.0 Å². The Balaban J connectivity index is 1.38. The van der Waals surface area contributed by atoms with E-state index in [1.807, 2.05) is 30.0 Å². The lowest BCUT2D eigenvalue weighted by molar-refractivity contribution is -0.133. The molecule has 2 fully saturated rings. The van der Waals surface area contributed by atoms with E-state index >= 15 is 0 Å². The number of hydrogen-bond acceptors (Lipinski definition) is 5. The second-order valence-corrected chi connectivity index (χ2v) is 7.52. The number of carbonyl (C=O) groups is 2. The minimum absolute atomic E-state index is 0.00659. The van der Waals surface area contributed by atoms with Gasteiger partial charge in [0.2, 0.25) is 5.91 Å². The number of rotatable bonds is 3. The van der Waals surface area contributed by atoms with Gasteiger partial charge in [-0.2, -0.15) is 0 Å². The Hall–Kier alpha value is -2.80. The van der Waals surface area contributed by atoms with Crippen molar-refractivity contribution in [2.75, 3.05) is 25.0 Å². The number of pyridine rings is 2. The number of hydrogen-bond donors (Lipinski definition) is 1. The summed E-state index contributed by atoms with van der Waals surface area (Å²) in [6, 6.07) is 7.27. The highest BCUT2D eigenvalue weighted by Crippen LogP contribution is 2.32. The first-order valence-corrected chi connectivity index (χ1v) is 9.64. The summed E-state index contributed by atoms with van der Waals surface area (Å²) in [6.45, 7) is 3.59. The molecule has 0 bridgehead atoms. The summed E-state index contributed by atoms with van der Waals surface area (Å²) < 4.78 is 5.98. The van der Waals surface area contributed by atoms with Crippen molar-refractivity contribution < 1.29 is 14.3 Å². The summed E-state index contributed by atoms with van der Waals surface area (Å²) in [4.78, 5) is 35.5. The molecule has 28 heavy (non-hydrogen) atoms. The number of carbonyl (C=O) groups excluding carboxylic acids is 2. The Morgan fingerprint density at radius 2 is 2.14 bits per heavy atom. The highest BCUT2D eigenvalue weighted by Gasteiger charge is 2.39. The van der Waals surface area contributed by atoms with Crippen LogP contribution in [0.2, 0.25) is 0 Å². The zero-order valence-corrected chi connectivity index (χ0v) is 15.9. The van der Waals surface area contributed by atoms with Crippen LogP contribution in [-0.2, 0) is 9.53 Å². The molecule has 1 N–H and O–H groups in total. The molecule has 4 heterocycles. The van der Waals surface area contributed by atoms with Crippen molar-refractivity contribution in [2.24, 2.45) is 11.8 Å². The number of aromatic nitrogens is 2. The van der Waals surface area contributed by atoms with Crippen LogP contribution in [0.4, 0.5) is 5.69 Å². The Morgan fingerprint density at radius 1 is 1.25 bits per heavy atom. The lowest BCUT2D eigenvalue weighted by Crippen LogP contribution is -2.51. The molecule has 0 aliphatic carbocycles. The largest absolute Gasteiger partial charge is 0.377 e. The van der Waals surface area contributed by atoms with Crippen molar-refractivity contribution in [3.63, 3.8) is 0 Å². The van der Waals surface area contributed by atoms with Gasteiger partial charge in [-0.3, -0.25) is 19.6 Å². The number of ether oxygens (including phenoxy) is 1. The summed E-state index contributed by atoms with van der Waals surface area (Å²) >= 11 is 0.